The van der Waals surface area contributed by atoms with E-state index in [1.54, 1.807) is 0 Å². The number of rotatable bonds is 13. The molecule has 5 heterocycles. The second-order valence-corrected chi connectivity index (χ2v) is 24.5. The zero-order valence-corrected chi connectivity index (χ0v) is 52.9. The minimum absolute atomic E-state index is 0.448. The lowest BCUT2D eigenvalue weighted by atomic mass is 9.97. The molecule has 0 aliphatic carbocycles. The molecular formula is C89H57N9. The number of aromatic nitrogens is 9. The monoisotopic (exact) mass is 1250 g/mol. The molecule has 0 saturated heterocycles. The van der Waals surface area contributed by atoms with Crippen LogP contribution in [0.4, 0.5) is 0 Å². The second-order valence-electron chi connectivity index (χ2n) is 24.5. The Morgan fingerprint density at radius 2 is 0.388 bits per heavy atom. The fourth-order valence-corrected chi connectivity index (χ4v) is 13.6. The Morgan fingerprint density at radius 1 is 0.153 bits per heavy atom. The normalized spacial score (nSPS) is 11.5. The zero-order valence-electron chi connectivity index (χ0n) is 52.9. The standard InChI is InChI=1S/C89H57N9/c1-9-25-58(26-10-1)66-42-47-78-73(51-66)74-52-67(59-27-11-2-12-28-59)43-48-79(74)97(78)82-56-71(57-83(90-82)98-80-49-44-68(60-29-13-3-14-30-60)53-75(80)76-54-69(45-50-81(76)98)61-31-15-4-16-32-61)70-41-46-72(88-93-84(62-33-17-5-18-34-62)91-85(94-88)63-35-19-6-20-36-63)77(55-70)89-95-86(64-37-21-7-22-38-64)92-87(96-89)65-39-23-8-24-40-65/h1-57H. The first-order valence-electron chi connectivity index (χ1n) is 32.9. The molecule has 18 rings (SSSR count). The fourth-order valence-electron chi connectivity index (χ4n) is 13.6. The van der Waals surface area contributed by atoms with Crippen molar-refractivity contribution in [1.82, 2.24) is 44.0 Å². The Morgan fingerprint density at radius 3 is 0.673 bits per heavy atom. The molecule has 98 heavy (non-hydrogen) atoms. The van der Waals surface area contributed by atoms with Gasteiger partial charge in [-0.05, 0) is 128 Å². The predicted octanol–water partition coefficient (Wildman–Crippen LogP) is 22.0. The molecule has 0 fully saturated rings. The van der Waals surface area contributed by atoms with Crippen LogP contribution in [0.25, 0.3) is 179 Å². The van der Waals surface area contributed by atoms with Crippen LogP contribution in [-0.4, -0.2) is 44.0 Å². The molecular weight excluding hydrogens is 1200 g/mol. The van der Waals surface area contributed by atoms with Crippen molar-refractivity contribution in [2.24, 2.45) is 0 Å². The van der Waals surface area contributed by atoms with Crippen molar-refractivity contribution >= 4 is 43.6 Å². The largest absolute Gasteiger partial charge is 0.294 e. The summed E-state index contributed by atoms with van der Waals surface area (Å²) in [4.78, 5) is 37.8. The maximum atomic E-state index is 5.95. The molecule has 0 aliphatic rings. The van der Waals surface area contributed by atoms with Crippen LogP contribution in [0.5, 0.6) is 0 Å². The molecule has 0 N–H and O–H groups in total. The van der Waals surface area contributed by atoms with Gasteiger partial charge < -0.3 is 0 Å². The summed E-state index contributed by atoms with van der Waals surface area (Å²) in [5, 5.41) is 4.44. The Balaban J connectivity index is 0.933. The summed E-state index contributed by atoms with van der Waals surface area (Å²) in [6.07, 6.45) is 0. The lowest BCUT2D eigenvalue weighted by molar-refractivity contribution is 1.01. The topological polar surface area (TPSA) is 100 Å². The summed E-state index contributed by atoms with van der Waals surface area (Å²) in [6, 6.07) is 121. The summed E-state index contributed by atoms with van der Waals surface area (Å²) < 4.78 is 4.69. The SMILES string of the molecule is c1ccc(-c2ccc3c(c2)c2cc(-c4ccccc4)ccc2n3-c2cc(-c3ccc(-c4nc(-c5ccccc5)nc(-c5ccccc5)n4)c(-c4nc(-c5ccccc5)nc(-c5ccccc5)n4)c3)cc(-n3c4ccc(-c5ccccc5)cc4c4cc(-c5ccccc5)ccc43)n2)cc1. The molecule has 0 spiro atoms. The summed E-state index contributed by atoms with van der Waals surface area (Å²) in [7, 11) is 0. The van der Waals surface area contributed by atoms with Gasteiger partial charge in [0.05, 0.1) is 22.1 Å². The van der Waals surface area contributed by atoms with Crippen molar-refractivity contribution in [3.63, 3.8) is 0 Å². The van der Waals surface area contributed by atoms with E-state index in [1.807, 2.05) is 121 Å². The first-order chi connectivity index (χ1) is 48.5. The van der Waals surface area contributed by atoms with E-state index < -0.39 is 0 Å². The molecule has 0 bridgehead atoms. The predicted molar refractivity (Wildman–Crippen MR) is 399 cm³/mol. The molecule has 0 amide bonds. The minimum Gasteiger partial charge on any atom is -0.294 e. The third kappa shape index (κ3) is 10.6. The maximum absolute atomic E-state index is 5.95. The van der Waals surface area contributed by atoms with Crippen molar-refractivity contribution in [3.05, 3.63) is 346 Å². The lowest BCUT2D eigenvalue weighted by Gasteiger charge is -2.17. The van der Waals surface area contributed by atoms with Crippen LogP contribution < -0.4 is 0 Å². The number of benzene rings is 13. The average molecular weight is 1250 g/mol. The van der Waals surface area contributed by atoms with E-state index >= 15 is 0 Å². The van der Waals surface area contributed by atoms with Gasteiger partial charge >= 0.3 is 0 Å². The van der Waals surface area contributed by atoms with E-state index in [9.17, 15) is 0 Å². The van der Waals surface area contributed by atoms with Crippen molar-refractivity contribution in [2.45, 2.75) is 0 Å². The molecule has 9 nitrogen and oxygen atoms in total. The van der Waals surface area contributed by atoms with E-state index in [2.05, 4.69) is 234 Å². The summed E-state index contributed by atoms with van der Waals surface area (Å²) >= 11 is 0. The van der Waals surface area contributed by atoms with Crippen molar-refractivity contribution in [1.29, 1.82) is 0 Å². The van der Waals surface area contributed by atoms with E-state index in [0.29, 0.717) is 46.1 Å². The molecule has 458 valence electrons. The van der Waals surface area contributed by atoms with Crippen LogP contribution in [0, 0.1) is 0 Å². The second kappa shape index (κ2) is 24.5. The first-order valence-corrected chi connectivity index (χ1v) is 32.9. The highest BCUT2D eigenvalue weighted by molar-refractivity contribution is 6.13. The smallest absolute Gasteiger partial charge is 0.164 e. The van der Waals surface area contributed by atoms with Gasteiger partial charge in [0.25, 0.3) is 0 Å². The molecule has 0 saturated carbocycles. The molecule has 13 aromatic carbocycles. The number of nitrogens with zero attached hydrogens (tertiary/aromatic N) is 9. The maximum Gasteiger partial charge on any atom is 0.164 e. The Bertz CT molecular complexity index is 5480. The van der Waals surface area contributed by atoms with Crippen LogP contribution in [0.3, 0.4) is 0 Å². The minimum atomic E-state index is 0.448. The van der Waals surface area contributed by atoms with E-state index in [0.717, 1.165) is 133 Å². The summed E-state index contributed by atoms with van der Waals surface area (Å²) in [5.41, 5.74) is 19.7. The van der Waals surface area contributed by atoms with Crippen molar-refractivity contribution < 1.29 is 0 Å². The Labute approximate surface area is 565 Å². The quantitative estimate of drug-likeness (QED) is 0.113. The van der Waals surface area contributed by atoms with Gasteiger partial charge in [-0.1, -0.05) is 273 Å². The molecule has 0 radical (unpaired) electrons. The highest BCUT2D eigenvalue weighted by atomic mass is 15.1. The molecule has 5 aromatic heterocycles. The molecule has 0 atom stereocenters. The van der Waals surface area contributed by atoms with Gasteiger partial charge in [0.15, 0.2) is 34.9 Å². The first kappa shape index (κ1) is 57.3. The highest BCUT2D eigenvalue weighted by Gasteiger charge is 2.25. The van der Waals surface area contributed by atoms with Gasteiger partial charge in [-0.3, -0.25) is 9.13 Å². The third-order valence-corrected chi connectivity index (χ3v) is 18.4. The molecule has 0 unspecified atom stereocenters. The highest BCUT2D eigenvalue weighted by Crippen LogP contribution is 2.43. The van der Waals surface area contributed by atoms with Gasteiger partial charge in [-0.2, -0.15) is 0 Å². The third-order valence-electron chi connectivity index (χ3n) is 18.4. The summed E-state index contributed by atoms with van der Waals surface area (Å²) in [6.45, 7) is 0. The molecule has 0 aliphatic heterocycles. The van der Waals surface area contributed by atoms with Crippen LogP contribution in [0.2, 0.25) is 0 Å². The van der Waals surface area contributed by atoms with Gasteiger partial charge in [0, 0.05) is 54.9 Å². The van der Waals surface area contributed by atoms with Crippen LogP contribution in [0.15, 0.2) is 346 Å². The van der Waals surface area contributed by atoms with Crippen molar-refractivity contribution in [2.75, 3.05) is 0 Å². The zero-order chi connectivity index (χ0) is 64.9. The van der Waals surface area contributed by atoms with E-state index in [4.69, 9.17) is 34.9 Å². The average Bonchev–Trinajstić information content (AvgIpc) is 1.55. The fraction of sp³-hybridized carbons (Fsp3) is 0. The number of hydrogen-bond acceptors (Lipinski definition) is 7. The lowest BCUT2D eigenvalue weighted by Crippen LogP contribution is -2.05. The van der Waals surface area contributed by atoms with Gasteiger partial charge in [-0.25, -0.2) is 34.9 Å². The Hall–Kier alpha value is -13.4. The number of hydrogen-bond donors (Lipinski definition) is 0. The van der Waals surface area contributed by atoms with E-state index in [1.165, 1.54) is 0 Å². The number of fused-ring (bicyclic) bond motifs is 6. The van der Waals surface area contributed by atoms with E-state index in [-0.39, 0.29) is 0 Å². The van der Waals surface area contributed by atoms with Gasteiger partial charge in [0.2, 0.25) is 0 Å². The van der Waals surface area contributed by atoms with Gasteiger partial charge in [0.1, 0.15) is 11.6 Å². The van der Waals surface area contributed by atoms with Crippen molar-refractivity contribution in [3.8, 4) is 136 Å². The van der Waals surface area contributed by atoms with Gasteiger partial charge in [-0.15, -0.1) is 0 Å². The van der Waals surface area contributed by atoms with Crippen LogP contribution >= 0.6 is 0 Å². The summed E-state index contributed by atoms with van der Waals surface area (Å²) in [5.74, 6) is 4.50. The molecule has 18 aromatic rings. The van der Waals surface area contributed by atoms with Crippen LogP contribution in [0.1, 0.15) is 0 Å². The van der Waals surface area contributed by atoms with Crippen LogP contribution in [-0.2, 0) is 0 Å². The number of pyridine rings is 1. The molecule has 9 heteroatoms. The Kier molecular flexibility index (Phi) is 14.3.